The Morgan fingerprint density at radius 3 is 2.50 bits per heavy atom. The molecule has 0 saturated carbocycles. The van der Waals surface area contributed by atoms with Crippen molar-refractivity contribution in [2.24, 2.45) is 5.92 Å². The molecule has 1 aliphatic rings. The summed E-state index contributed by atoms with van der Waals surface area (Å²) in [7, 11) is 0. The Bertz CT molecular complexity index is 172. The molecule has 12 heavy (non-hydrogen) atoms. The van der Waals surface area contributed by atoms with Crippen molar-refractivity contribution in [2.45, 2.75) is 19.0 Å². The first-order valence-electron chi connectivity index (χ1n) is 3.83. The molecule has 1 N–H and O–H groups in total. The van der Waals surface area contributed by atoms with Gasteiger partial charge in [0.25, 0.3) is 0 Å². The summed E-state index contributed by atoms with van der Waals surface area (Å²) in [6.07, 6.45) is -3.67. The van der Waals surface area contributed by atoms with Crippen LogP contribution in [0.5, 0.6) is 0 Å². The minimum absolute atomic E-state index is 0.165. The van der Waals surface area contributed by atoms with E-state index in [4.69, 9.17) is 0 Å². The number of Topliss-reactive ketones (excluding diaryl/α,β-unsaturated/α-hetero) is 1. The zero-order valence-corrected chi connectivity index (χ0v) is 6.45. The zero-order chi connectivity index (χ0) is 9.19. The van der Waals surface area contributed by atoms with Crippen LogP contribution in [-0.2, 0) is 4.79 Å². The second kappa shape index (κ2) is 3.43. The van der Waals surface area contributed by atoms with Gasteiger partial charge in [-0.1, -0.05) is 0 Å². The lowest BCUT2D eigenvalue weighted by atomic mass is 9.95. The van der Waals surface area contributed by atoms with Crippen molar-refractivity contribution in [3.63, 3.8) is 0 Å². The third-order valence-electron chi connectivity index (χ3n) is 1.95. The Hall–Kier alpha value is -0.580. The van der Waals surface area contributed by atoms with Crippen LogP contribution in [0.1, 0.15) is 12.8 Å². The molecule has 5 heteroatoms. The van der Waals surface area contributed by atoms with Crippen LogP contribution in [0, 0.1) is 5.92 Å². The molecule has 0 aromatic rings. The number of carbonyl (C=O) groups excluding carboxylic acids is 1. The molecule has 2 nitrogen and oxygen atoms in total. The van der Waals surface area contributed by atoms with E-state index in [2.05, 4.69) is 5.32 Å². The van der Waals surface area contributed by atoms with Crippen LogP contribution in [0.4, 0.5) is 13.2 Å². The molecule has 1 rings (SSSR count). The lowest BCUT2D eigenvalue weighted by Gasteiger charge is -2.22. The average Bonchev–Trinajstić information content (AvgIpc) is 2.03. The highest BCUT2D eigenvalue weighted by Gasteiger charge is 2.43. The summed E-state index contributed by atoms with van der Waals surface area (Å²) in [5, 5.41) is 2.77. The summed E-state index contributed by atoms with van der Waals surface area (Å²) in [4.78, 5) is 10.7. The Morgan fingerprint density at radius 1 is 1.42 bits per heavy atom. The molecule has 0 unspecified atom stereocenters. The van der Waals surface area contributed by atoms with E-state index in [0.29, 0.717) is 19.4 Å². The minimum Gasteiger partial charge on any atom is -0.316 e. The smallest absolute Gasteiger partial charge is 0.316 e. The van der Waals surface area contributed by atoms with E-state index in [9.17, 15) is 18.0 Å². The number of carbonyl (C=O) groups is 1. The zero-order valence-electron chi connectivity index (χ0n) is 6.45. The van der Waals surface area contributed by atoms with E-state index in [1.54, 1.807) is 0 Å². The molecule has 1 heterocycles. The monoisotopic (exact) mass is 181 g/mol. The van der Waals surface area contributed by atoms with Gasteiger partial charge in [0.05, 0.1) is 0 Å². The Balaban J connectivity index is 2.51. The van der Waals surface area contributed by atoms with Gasteiger partial charge >= 0.3 is 6.18 Å². The Morgan fingerprint density at radius 2 is 2.08 bits per heavy atom. The van der Waals surface area contributed by atoms with E-state index in [0.717, 1.165) is 0 Å². The van der Waals surface area contributed by atoms with Crippen LogP contribution in [-0.4, -0.2) is 25.0 Å². The van der Waals surface area contributed by atoms with Gasteiger partial charge in [0, 0.05) is 12.5 Å². The van der Waals surface area contributed by atoms with Crippen LogP contribution >= 0.6 is 0 Å². The molecule has 0 aliphatic carbocycles. The number of rotatable bonds is 1. The summed E-state index contributed by atoms with van der Waals surface area (Å²) in [6.45, 7) is 0.875. The lowest BCUT2D eigenvalue weighted by Crippen LogP contribution is -2.40. The van der Waals surface area contributed by atoms with Gasteiger partial charge in [-0.2, -0.15) is 13.2 Å². The van der Waals surface area contributed by atoms with Crippen LogP contribution in [0.2, 0.25) is 0 Å². The van der Waals surface area contributed by atoms with Crippen molar-refractivity contribution in [2.75, 3.05) is 13.1 Å². The molecule has 0 bridgehead atoms. The molecule has 1 fully saturated rings. The largest absolute Gasteiger partial charge is 0.450 e. The number of ketones is 1. The first kappa shape index (κ1) is 9.51. The fourth-order valence-electron chi connectivity index (χ4n) is 1.31. The number of nitrogens with one attached hydrogen (secondary N) is 1. The minimum atomic E-state index is -4.66. The number of piperidine rings is 1. The topological polar surface area (TPSA) is 29.1 Å². The van der Waals surface area contributed by atoms with Crippen molar-refractivity contribution < 1.29 is 18.0 Å². The van der Waals surface area contributed by atoms with Crippen LogP contribution in [0.3, 0.4) is 0 Å². The summed E-state index contributed by atoms with van der Waals surface area (Å²) >= 11 is 0. The maximum atomic E-state index is 11.9. The SMILES string of the molecule is O=C([C@@H]1CCCNC1)C(F)(F)F. The van der Waals surface area contributed by atoms with Gasteiger partial charge < -0.3 is 5.32 Å². The highest BCUT2D eigenvalue weighted by molar-refractivity contribution is 5.86. The molecule has 0 aromatic carbocycles. The fourth-order valence-corrected chi connectivity index (χ4v) is 1.31. The number of hydrogen-bond acceptors (Lipinski definition) is 2. The Kier molecular flexibility index (Phi) is 2.72. The molecule has 70 valence electrons. The summed E-state index contributed by atoms with van der Waals surface area (Å²) < 4.78 is 35.6. The van der Waals surface area contributed by atoms with Crippen LogP contribution < -0.4 is 5.32 Å². The maximum absolute atomic E-state index is 11.9. The molecule has 1 aliphatic heterocycles. The van der Waals surface area contributed by atoms with E-state index in [-0.39, 0.29) is 6.54 Å². The molecular formula is C7H10F3NO. The number of halogens is 3. The van der Waals surface area contributed by atoms with Crippen molar-refractivity contribution in [1.82, 2.24) is 5.32 Å². The van der Waals surface area contributed by atoms with Crippen molar-refractivity contribution in [3.05, 3.63) is 0 Å². The molecule has 0 radical (unpaired) electrons. The fraction of sp³-hybridized carbons (Fsp3) is 0.857. The van der Waals surface area contributed by atoms with Gasteiger partial charge in [-0.3, -0.25) is 4.79 Å². The maximum Gasteiger partial charge on any atom is 0.450 e. The number of alkyl halides is 3. The third kappa shape index (κ3) is 2.20. The second-order valence-corrected chi connectivity index (χ2v) is 2.91. The first-order chi connectivity index (χ1) is 5.52. The quantitative estimate of drug-likeness (QED) is 0.656. The summed E-state index contributed by atoms with van der Waals surface area (Å²) in [5.41, 5.74) is 0. The molecule has 0 aromatic heterocycles. The lowest BCUT2D eigenvalue weighted by molar-refractivity contribution is -0.176. The Labute approximate surface area is 68.1 Å². The van der Waals surface area contributed by atoms with Crippen molar-refractivity contribution in [1.29, 1.82) is 0 Å². The van der Waals surface area contributed by atoms with Gasteiger partial charge in [-0.05, 0) is 19.4 Å². The van der Waals surface area contributed by atoms with E-state index >= 15 is 0 Å². The van der Waals surface area contributed by atoms with E-state index in [1.807, 2.05) is 0 Å². The molecule has 1 saturated heterocycles. The highest BCUT2D eigenvalue weighted by atomic mass is 19.4. The van der Waals surface area contributed by atoms with Gasteiger partial charge in [0.15, 0.2) is 0 Å². The standard InChI is InChI=1S/C7H10F3NO/c8-7(9,10)6(12)5-2-1-3-11-4-5/h5,11H,1-4H2/t5-/m1/s1. The third-order valence-corrected chi connectivity index (χ3v) is 1.95. The van der Waals surface area contributed by atoms with Gasteiger partial charge in [0.2, 0.25) is 5.78 Å². The van der Waals surface area contributed by atoms with Crippen LogP contribution in [0.15, 0.2) is 0 Å². The number of hydrogen-bond donors (Lipinski definition) is 1. The molecule has 0 spiro atoms. The first-order valence-corrected chi connectivity index (χ1v) is 3.83. The van der Waals surface area contributed by atoms with Crippen LogP contribution in [0.25, 0.3) is 0 Å². The van der Waals surface area contributed by atoms with Gasteiger partial charge in [0.1, 0.15) is 0 Å². The predicted molar refractivity (Wildman–Crippen MR) is 36.7 cm³/mol. The average molecular weight is 181 g/mol. The summed E-state index contributed by atoms with van der Waals surface area (Å²) in [5.74, 6) is -2.45. The molecule has 0 amide bonds. The van der Waals surface area contributed by atoms with Gasteiger partial charge in [-0.15, -0.1) is 0 Å². The highest BCUT2D eigenvalue weighted by Crippen LogP contribution is 2.24. The normalized spacial score (nSPS) is 25.4. The van der Waals surface area contributed by atoms with E-state index < -0.39 is 17.9 Å². The van der Waals surface area contributed by atoms with Gasteiger partial charge in [-0.25, -0.2) is 0 Å². The van der Waals surface area contributed by atoms with E-state index in [1.165, 1.54) is 0 Å². The van der Waals surface area contributed by atoms with Crippen molar-refractivity contribution in [3.8, 4) is 0 Å². The molecular weight excluding hydrogens is 171 g/mol. The molecule has 1 atom stereocenters. The summed E-state index contributed by atoms with van der Waals surface area (Å²) in [6, 6.07) is 0. The van der Waals surface area contributed by atoms with Crippen molar-refractivity contribution >= 4 is 5.78 Å². The second-order valence-electron chi connectivity index (χ2n) is 2.91. The predicted octanol–water partition coefficient (Wildman–Crippen LogP) is 1.12.